The van der Waals surface area contributed by atoms with Crippen LogP contribution in [0.2, 0.25) is 0 Å². The van der Waals surface area contributed by atoms with Gasteiger partial charge in [-0.3, -0.25) is 5.10 Å². The van der Waals surface area contributed by atoms with Crippen LogP contribution in [0.3, 0.4) is 0 Å². The van der Waals surface area contributed by atoms with Crippen molar-refractivity contribution in [3.63, 3.8) is 0 Å². The van der Waals surface area contributed by atoms with Crippen LogP contribution in [0, 0.1) is 4.77 Å². The smallest absolute Gasteiger partial charge is 0.387 e. The van der Waals surface area contributed by atoms with Crippen LogP contribution in [0.1, 0.15) is 32.2 Å². The molecule has 0 spiro atoms. The van der Waals surface area contributed by atoms with E-state index in [0.29, 0.717) is 10.6 Å². The third-order valence-electron chi connectivity index (χ3n) is 2.75. The van der Waals surface area contributed by atoms with Crippen LogP contribution in [0.25, 0.3) is 0 Å². The molecule has 0 aliphatic heterocycles. The van der Waals surface area contributed by atoms with E-state index >= 15 is 0 Å². The Morgan fingerprint density at radius 2 is 1.95 bits per heavy atom. The molecule has 0 radical (unpaired) electrons. The number of aromatic amines is 1. The van der Waals surface area contributed by atoms with Gasteiger partial charge in [0.05, 0.1) is 6.21 Å². The van der Waals surface area contributed by atoms with Gasteiger partial charge in [0.15, 0.2) is 5.82 Å². The second kappa shape index (κ2) is 6.35. The molecular formula is C14H16F2N4OS. The lowest BCUT2D eigenvalue weighted by Gasteiger charge is -2.15. The van der Waals surface area contributed by atoms with Gasteiger partial charge in [-0.25, -0.2) is 0 Å². The molecule has 2 rings (SSSR count). The number of alkyl halides is 2. The molecule has 1 N–H and O–H groups in total. The molecule has 118 valence electrons. The van der Waals surface area contributed by atoms with Crippen LogP contribution in [0.15, 0.2) is 29.4 Å². The van der Waals surface area contributed by atoms with Crippen molar-refractivity contribution >= 4 is 18.4 Å². The topological polar surface area (TPSA) is 55.2 Å². The maximum atomic E-state index is 12.1. The minimum absolute atomic E-state index is 0.0995. The van der Waals surface area contributed by atoms with Gasteiger partial charge in [-0.05, 0) is 42.0 Å². The zero-order valence-electron chi connectivity index (χ0n) is 12.4. The molecule has 0 bridgehead atoms. The minimum Gasteiger partial charge on any atom is -0.435 e. The van der Waals surface area contributed by atoms with E-state index in [0.717, 1.165) is 5.56 Å². The van der Waals surface area contributed by atoms with Crippen molar-refractivity contribution in [2.24, 2.45) is 5.10 Å². The van der Waals surface area contributed by atoms with Crippen molar-refractivity contribution in [1.29, 1.82) is 0 Å². The molecular weight excluding hydrogens is 310 g/mol. The van der Waals surface area contributed by atoms with Crippen molar-refractivity contribution < 1.29 is 13.5 Å². The minimum atomic E-state index is -2.84. The Morgan fingerprint density at radius 3 is 2.50 bits per heavy atom. The largest absolute Gasteiger partial charge is 0.435 e. The van der Waals surface area contributed by atoms with Crippen LogP contribution in [-0.2, 0) is 5.41 Å². The van der Waals surface area contributed by atoms with E-state index in [4.69, 9.17) is 12.2 Å². The number of hydrogen-bond donors (Lipinski definition) is 1. The lowest BCUT2D eigenvalue weighted by atomic mass is 9.96. The Morgan fingerprint density at radius 1 is 1.32 bits per heavy atom. The van der Waals surface area contributed by atoms with Gasteiger partial charge in [0.2, 0.25) is 4.77 Å². The molecule has 0 unspecified atom stereocenters. The lowest BCUT2D eigenvalue weighted by Crippen LogP contribution is -2.17. The third-order valence-corrected chi connectivity index (χ3v) is 3.01. The Hall–Kier alpha value is -2.09. The second-order valence-corrected chi connectivity index (χ2v) is 5.99. The number of nitrogens with zero attached hydrogens (tertiary/aromatic N) is 3. The Kier molecular flexibility index (Phi) is 4.70. The number of rotatable bonds is 4. The van der Waals surface area contributed by atoms with Crippen LogP contribution >= 0.6 is 12.2 Å². The third kappa shape index (κ3) is 3.97. The molecule has 0 saturated carbocycles. The van der Waals surface area contributed by atoms with Crippen molar-refractivity contribution in [3.8, 4) is 5.75 Å². The maximum Gasteiger partial charge on any atom is 0.387 e. The monoisotopic (exact) mass is 326 g/mol. The van der Waals surface area contributed by atoms with Gasteiger partial charge >= 0.3 is 6.61 Å². The first kappa shape index (κ1) is 16.3. The summed E-state index contributed by atoms with van der Waals surface area (Å²) < 4.78 is 30.4. The average Bonchev–Trinajstić information content (AvgIpc) is 2.78. The summed E-state index contributed by atoms with van der Waals surface area (Å²) in [5.74, 6) is 0.800. The summed E-state index contributed by atoms with van der Waals surface area (Å²) in [6.07, 6.45) is 1.58. The van der Waals surface area contributed by atoms with Crippen molar-refractivity contribution in [2.75, 3.05) is 0 Å². The number of hydrogen-bond acceptors (Lipinski definition) is 4. The summed E-state index contributed by atoms with van der Waals surface area (Å²) >= 11 is 5.15. The predicted molar refractivity (Wildman–Crippen MR) is 82.2 cm³/mol. The molecule has 0 amide bonds. The van der Waals surface area contributed by atoms with Crippen molar-refractivity contribution in [3.05, 3.63) is 40.4 Å². The van der Waals surface area contributed by atoms with Crippen LogP contribution in [0.4, 0.5) is 8.78 Å². The van der Waals surface area contributed by atoms with E-state index in [1.54, 1.807) is 23.0 Å². The second-order valence-electron chi connectivity index (χ2n) is 5.61. The van der Waals surface area contributed by atoms with Gasteiger partial charge in [-0.1, -0.05) is 20.8 Å². The number of halogens is 2. The summed E-state index contributed by atoms with van der Waals surface area (Å²) in [5, 5.41) is 11.2. The molecule has 0 saturated heterocycles. The molecule has 8 heteroatoms. The molecule has 0 fully saturated rings. The summed E-state index contributed by atoms with van der Waals surface area (Å²) in [5.41, 5.74) is 0.504. The van der Waals surface area contributed by atoms with E-state index in [2.05, 4.69) is 20.0 Å². The van der Waals surface area contributed by atoms with E-state index < -0.39 is 6.61 Å². The quantitative estimate of drug-likeness (QED) is 0.688. The first-order valence-electron chi connectivity index (χ1n) is 6.54. The van der Waals surface area contributed by atoms with Crippen LogP contribution < -0.4 is 4.74 Å². The fourth-order valence-corrected chi connectivity index (χ4v) is 1.92. The van der Waals surface area contributed by atoms with Crippen LogP contribution in [0.5, 0.6) is 5.75 Å². The summed E-state index contributed by atoms with van der Waals surface area (Å²) in [6, 6.07) is 6.16. The maximum absolute atomic E-state index is 12.1. The molecule has 2 aromatic rings. The first-order valence-corrected chi connectivity index (χ1v) is 6.95. The molecule has 0 atom stereocenters. The highest BCUT2D eigenvalue weighted by Crippen LogP contribution is 2.20. The van der Waals surface area contributed by atoms with Gasteiger partial charge in [0.1, 0.15) is 5.75 Å². The Bertz CT molecular complexity index is 714. The number of nitrogens with one attached hydrogen (secondary N) is 1. The Balaban J connectivity index is 2.22. The van der Waals surface area contributed by atoms with Gasteiger partial charge in [-0.15, -0.1) is 0 Å². The summed E-state index contributed by atoms with van der Waals surface area (Å²) in [6.45, 7) is 3.17. The van der Waals surface area contributed by atoms with Crippen molar-refractivity contribution in [2.45, 2.75) is 32.8 Å². The lowest BCUT2D eigenvalue weighted by molar-refractivity contribution is -0.0498. The average molecular weight is 326 g/mol. The van der Waals surface area contributed by atoms with Crippen LogP contribution in [-0.4, -0.2) is 27.7 Å². The van der Waals surface area contributed by atoms with Gasteiger partial charge in [0, 0.05) is 5.41 Å². The zero-order chi connectivity index (χ0) is 16.3. The standard InChI is InChI=1S/C14H16F2N4OS/c1-14(2,3)11-18-19-13(22)20(11)17-8-9-4-6-10(7-5-9)21-12(15)16/h4-8,12H,1-3H3,(H,19,22)/b17-8-. The molecule has 1 aromatic carbocycles. The molecule has 5 nitrogen and oxygen atoms in total. The first-order chi connectivity index (χ1) is 10.3. The zero-order valence-corrected chi connectivity index (χ0v) is 13.2. The van der Waals surface area contributed by atoms with Crippen molar-refractivity contribution in [1.82, 2.24) is 14.9 Å². The number of H-pyrrole nitrogens is 1. The molecule has 1 aromatic heterocycles. The summed E-state index contributed by atoms with van der Waals surface area (Å²) in [4.78, 5) is 0. The van der Waals surface area contributed by atoms with Gasteiger partial charge in [0.25, 0.3) is 0 Å². The normalized spacial score (nSPS) is 12.3. The molecule has 0 aliphatic carbocycles. The fourth-order valence-electron chi connectivity index (χ4n) is 1.74. The highest BCUT2D eigenvalue weighted by Gasteiger charge is 2.21. The number of benzene rings is 1. The molecule has 22 heavy (non-hydrogen) atoms. The number of aromatic nitrogens is 3. The van der Waals surface area contributed by atoms with Gasteiger partial charge in [-0.2, -0.15) is 23.7 Å². The van der Waals surface area contributed by atoms with Gasteiger partial charge < -0.3 is 4.74 Å². The Labute approximate surface area is 131 Å². The van der Waals surface area contributed by atoms with E-state index in [-0.39, 0.29) is 11.2 Å². The molecule has 0 aliphatic rings. The summed E-state index contributed by atoms with van der Waals surface area (Å²) in [7, 11) is 0. The SMILES string of the molecule is CC(C)(C)c1n[nH]c(=S)n1/N=C\c1ccc(OC(F)F)cc1. The predicted octanol–water partition coefficient (Wildman–Crippen LogP) is 3.72. The van der Waals surface area contributed by atoms with E-state index in [1.165, 1.54) is 12.1 Å². The fraction of sp³-hybridized carbons (Fsp3) is 0.357. The molecule has 1 heterocycles. The highest BCUT2D eigenvalue weighted by atomic mass is 32.1. The van der Waals surface area contributed by atoms with E-state index in [9.17, 15) is 8.78 Å². The highest BCUT2D eigenvalue weighted by molar-refractivity contribution is 7.71. The van der Waals surface area contributed by atoms with E-state index in [1.807, 2.05) is 20.8 Å². The number of ether oxygens (including phenoxy) is 1.